The van der Waals surface area contributed by atoms with Crippen LogP contribution in [0.3, 0.4) is 0 Å². The third kappa shape index (κ3) is 3.67. The number of benzene rings is 2. The highest BCUT2D eigenvalue weighted by Crippen LogP contribution is 2.25. The number of carbonyl (C=O) groups is 2. The number of anilines is 1. The molecule has 3 amide bonds. The van der Waals surface area contributed by atoms with E-state index in [1.807, 2.05) is 5.32 Å². The van der Waals surface area contributed by atoms with Crippen LogP contribution >= 0.6 is 11.6 Å². The minimum absolute atomic E-state index is 0.163. The molecule has 0 unspecified atom stereocenters. The second-order valence-corrected chi connectivity index (χ2v) is 5.35. The molecule has 0 saturated carbocycles. The standard InChI is InChI=1S/C16H9ClF2N4O3/c17-10-6-12(19)11(18)5-9(10)14(24)22-16(25)21-13-4-2-1-3-8(13)15-23-20-7-26-15/h1-7H,(H2,21,22,24,25). The summed E-state index contributed by atoms with van der Waals surface area (Å²) in [5, 5.41) is 11.4. The first kappa shape index (κ1) is 17.5. The van der Waals surface area contributed by atoms with Crippen molar-refractivity contribution in [1.29, 1.82) is 0 Å². The van der Waals surface area contributed by atoms with Crippen molar-refractivity contribution in [3.8, 4) is 11.5 Å². The molecule has 2 N–H and O–H groups in total. The van der Waals surface area contributed by atoms with Crippen molar-refractivity contribution in [2.45, 2.75) is 0 Å². The summed E-state index contributed by atoms with van der Waals surface area (Å²) >= 11 is 5.71. The molecular weight excluding hydrogens is 370 g/mol. The Morgan fingerprint density at radius 3 is 2.58 bits per heavy atom. The van der Waals surface area contributed by atoms with Gasteiger partial charge in [-0.15, -0.1) is 10.2 Å². The van der Waals surface area contributed by atoms with Crippen molar-refractivity contribution < 1.29 is 22.8 Å². The first-order valence-electron chi connectivity index (χ1n) is 7.08. The summed E-state index contributed by atoms with van der Waals surface area (Å²) in [6.45, 7) is 0. The molecule has 0 fully saturated rings. The molecule has 0 aliphatic heterocycles. The number of halogens is 3. The fourth-order valence-corrected chi connectivity index (χ4v) is 2.33. The Morgan fingerprint density at radius 1 is 1.12 bits per heavy atom. The molecule has 0 spiro atoms. The minimum Gasteiger partial charge on any atom is -0.423 e. The van der Waals surface area contributed by atoms with Crippen LogP contribution in [-0.4, -0.2) is 22.1 Å². The van der Waals surface area contributed by atoms with E-state index in [4.69, 9.17) is 16.0 Å². The number of hydrogen-bond acceptors (Lipinski definition) is 5. The molecule has 3 aromatic rings. The normalized spacial score (nSPS) is 10.4. The monoisotopic (exact) mass is 378 g/mol. The Bertz CT molecular complexity index is 980. The Morgan fingerprint density at radius 2 is 1.85 bits per heavy atom. The van der Waals surface area contributed by atoms with Crippen LogP contribution in [0.2, 0.25) is 5.02 Å². The van der Waals surface area contributed by atoms with E-state index in [0.717, 1.165) is 6.39 Å². The van der Waals surface area contributed by atoms with Gasteiger partial charge < -0.3 is 9.73 Å². The van der Waals surface area contributed by atoms with Crippen molar-refractivity contribution in [3.63, 3.8) is 0 Å². The van der Waals surface area contributed by atoms with Gasteiger partial charge in [-0.05, 0) is 24.3 Å². The SMILES string of the molecule is O=C(NC(=O)c1cc(F)c(F)cc1Cl)Nc1ccccc1-c1nnco1. The second-order valence-electron chi connectivity index (χ2n) is 4.94. The largest absolute Gasteiger partial charge is 0.423 e. The molecule has 0 aliphatic rings. The van der Waals surface area contributed by atoms with Crippen LogP contribution in [0.15, 0.2) is 47.2 Å². The molecule has 3 rings (SSSR count). The lowest BCUT2D eigenvalue weighted by Crippen LogP contribution is -2.34. The number of para-hydroxylation sites is 1. The maximum Gasteiger partial charge on any atom is 0.326 e. The average molecular weight is 379 g/mol. The molecular formula is C16H9ClF2N4O3. The van der Waals surface area contributed by atoms with Crippen molar-refractivity contribution in [2.24, 2.45) is 0 Å². The summed E-state index contributed by atoms with van der Waals surface area (Å²) in [7, 11) is 0. The van der Waals surface area contributed by atoms with Gasteiger partial charge in [-0.3, -0.25) is 10.1 Å². The molecule has 0 aliphatic carbocycles. The van der Waals surface area contributed by atoms with E-state index in [1.54, 1.807) is 24.3 Å². The highest BCUT2D eigenvalue weighted by atomic mass is 35.5. The fourth-order valence-electron chi connectivity index (χ4n) is 2.09. The summed E-state index contributed by atoms with van der Waals surface area (Å²) in [6.07, 6.45) is 1.13. The topological polar surface area (TPSA) is 97.1 Å². The van der Waals surface area contributed by atoms with Gasteiger partial charge in [0.05, 0.1) is 21.8 Å². The highest BCUT2D eigenvalue weighted by molar-refractivity contribution is 6.34. The lowest BCUT2D eigenvalue weighted by molar-refractivity contribution is 0.0966. The van der Waals surface area contributed by atoms with Crippen LogP contribution < -0.4 is 10.6 Å². The second kappa shape index (κ2) is 7.28. The zero-order valence-corrected chi connectivity index (χ0v) is 13.6. The van der Waals surface area contributed by atoms with Gasteiger partial charge in [-0.1, -0.05) is 23.7 Å². The molecule has 26 heavy (non-hydrogen) atoms. The number of nitrogens with one attached hydrogen (secondary N) is 2. The van der Waals surface area contributed by atoms with Gasteiger partial charge in [0.25, 0.3) is 5.91 Å². The Kier molecular flexibility index (Phi) is 4.90. The quantitative estimate of drug-likeness (QED) is 0.678. The summed E-state index contributed by atoms with van der Waals surface area (Å²) in [5.41, 5.74) is 0.336. The zero-order chi connectivity index (χ0) is 18.7. The molecule has 132 valence electrons. The number of hydrogen-bond donors (Lipinski definition) is 2. The number of rotatable bonds is 3. The first-order chi connectivity index (χ1) is 12.5. The van der Waals surface area contributed by atoms with E-state index < -0.39 is 23.6 Å². The van der Waals surface area contributed by atoms with Gasteiger partial charge in [-0.25, -0.2) is 13.6 Å². The van der Waals surface area contributed by atoms with Crippen molar-refractivity contribution in [1.82, 2.24) is 15.5 Å². The van der Waals surface area contributed by atoms with Crippen LogP contribution in [0.4, 0.5) is 19.3 Å². The molecule has 10 heteroatoms. The fraction of sp³-hybridized carbons (Fsp3) is 0. The van der Waals surface area contributed by atoms with Gasteiger partial charge in [0.2, 0.25) is 12.3 Å². The van der Waals surface area contributed by atoms with E-state index in [0.29, 0.717) is 23.4 Å². The number of imide groups is 1. The molecule has 2 aromatic carbocycles. The third-order valence-electron chi connectivity index (χ3n) is 3.25. The first-order valence-corrected chi connectivity index (χ1v) is 7.46. The Labute approximate surface area is 150 Å². The van der Waals surface area contributed by atoms with Crippen LogP contribution in [0.25, 0.3) is 11.5 Å². The Hall–Kier alpha value is -3.33. The van der Waals surface area contributed by atoms with Crippen molar-refractivity contribution in [2.75, 3.05) is 5.32 Å². The van der Waals surface area contributed by atoms with Crippen molar-refractivity contribution >= 4 is 29.2 Å². The van der Waals surface area contributed by atoms with E-state index >= 15 is 0 Å². The zero-order valence-electron chi connectivity index (χ0n) is 12.8. The van der Waals surface area contributed by atoms with Crippen LogP contribution in [0, 0.1) is 11.6 Å². The van der Waals surface area contributed by atoms with Gasteiger partial charge in [0.1, 0.15) is 0 Å². The predicted molar refractivity (Wildman–Crippen MR) is 87.6 cm³/mol. The van der Waals surface area contributed by atoms with E-state index in [-0.39, 0.29) is 16.5 Å². The lowest BCUT2D eigenvalue weighted by Gasteiger charge is -2.10. The summed E-state index contributed by atoms with van der Waals surface area (Å²) in [5.74, 6) is -3.30. The van der Waals surface area contributed by atoms with Gasteiger partial charge in [0, 0.05) is 0 Å². The molecule has 1 aromatic heterocycles. The number of carbonyl (C=O) groups excluding carboxylic acids is 2. The molecule has 0 atom stereocenters. The van der Waals surface area contributed by atoms with Crippen LogP contribution in [0.5, 0.6) is 0 Å². The molecule has 7 nitrogen and oxygen atoms in total. The molecule has 0 bridgehead atoms. The maximum absolute atomic E-state index is 13.3. The third-order valence-corrected chi connectivity index (χ3v) is 3.56. The molecule has 0 saturated heterocycles. The lowest BCUT2D eigenvalue weighted by atomic mass is 10.2. The summed E-state index contributed by atoms with van der Waals surface area (Å²) < 4.78 is 31.4. The van der Waals surface area contributed by atoms with Crippen LogP contribution in [-0.2, 0) is 0 Å². The number of amides is 3. The van der Waals surface area contributed by atoms with Crippen molar-refractivity contribution in [3.05, 3.63) is 65.0 Å². The average Bonchev–Trinajstić information content (AvgIpc) is 3.12. The minimum atomic E-state index is -1.26. The smallest absolute Gasteiger partial charge is 0.326 e. The van der Waals surface area contributed by atoms with Gasteiger partial charge >= 0.3 is 6.03 Å². The van der Waals surface area contributed by atoms with E-state index in [2.05, 4.69) is 15.5 Å². The Balaban J connectivity index is 1.76. The summed E-state index contributed by atoms with van der Waals surface area (Å²) in [4.78, 5) is 24.1. The highest BCUT2D eigenvalue weighted by Gasteiger charge is 2.18. The van der Waals surface area contributed by atoms with Gasteiger partial charge in [0.15, 0.2) is 11.6 Å². The number of urea groups is 1. The number of aromatic nitrogens is 2. The molecule has 1 heterocycles. The van der Waals surface area contributed by atoms with E-state index in [9.17, 15) is 18.4 Å². The van der Waals surface area contributed by atoms with Crippen LogP contribution in [0.1, 0.15) is 10.4 Å². The number of nitrogens with zero attached hydrogens (tertiary/aromatic N) is 2. The van der Waals surface area contributed by atoms with E-state index in [1.165, 1.54) is 0 Å². The van der Waals surface area contributed by atoms with Gasteiger partial charge in [-0.2, -0.15) is 0 Å². The predicted octanol–water partition coefficient (Wildman–Crippen LogP) is 3.63. The summed E-state index contributed by atoms with van der Waals surface area (Å²) in [6, 6.07) is 6.84. The molecule has 0 radical (unpaired) electrons. The maximum atomic E-state index is 13.3.